The molecule has 148 valence electrons. The van der Waals surface area contributed by atoms with Crippen molar-refractivity contribution in [3.8, 4) is 5.75 Å². The van der Waals surface area contributed by atoms with Gasteiger partial charge < -0.3 is 20.3 Å². The van der Waals surface area contributed by atoms with Gasteiger partial charge in [0.1, 0.15) is 5.75 Å². The third-order valence-corrected chi connectivity index (χ3v) is 4.23. The topological polar surface area (TPSA) is 88.9 Å². The molecule has 0 aliphatic carbocycles. The Hall–Kier alpha value is -3.19. The van der Waals surface area contributed by atoms with Crippen LogP contribution in [-0.2, 0) is 9.59 Å². The van der Waals surface area contributed by atoms with Gasteiger partial charge in [-0.2, -0.15) is 0 Å². The fourth-order valence-electron chi connectivity index (χ4n) is 2.69. The summed E-state index contributed by atoms with van der Waals surface area (Å²) in [5.41, 5.74) is 1.74. The average Bonchev–Trinajstić information content (AvgIpc) is 2.67. The van der Waals surface area contributed by atoms with Gasteiger partial charge in [0.2, 0.25) is 0 Å². The molecule has 7 nitrogen and oxygen atoms in total. The predicted octanol–water partition coefficient (Wildman–Crippen LogP) is 1.38. The number of benzene rings is 2. The molecular weight excluding hydrogens is 358 g/mol. The monoisotopic (exact) mass is 384 g/mol. The number of hydrogen-bond acceptors (Lipinski definition) is 4. The molecule has 0 saturated carbocycles. The Kier molecular flexibility index (Phi) is 7.71. The van der Waals surface area contributed by atoms with Crippen LogP contribution in [0.3, 0.4) is 0 Å². The lowest BCUT2D eigenvalue weighted by Gasteiger charge is -2.17. The van der Waals surface area contributed by atoms with Crippen molar-refractivity contribution in [3.05, 3.63) is 54.1 Å². The number of methoxy groups -OCH3 is 1. The van der Waals surface area contributed by atoms with Crippen LogP contribution in [0, 0.1) is 0 Å². The second kappa shape index (κ2) is 10.2. The fourth-order valence-corrected chi connectivity index (χ4v) is 2.69. The number of carbonyl (C=O) groups is 3. The number of carbonyl (C=O) groups excluding carboxylic acids is 3. The van der Waals surface area contributed by atoms with Crippen LogP contribution in [0.4, 0.5) is 11.4 Å². The molecule has 7 heteroatoms. The highest BCUT2D eigenvalue weighted by Gasteiger charge is 2.17. The van der Waals surface area contributed by atoms with Gasteiger partial charge in [-0.1, -0.05) is 18.2 Å². The molecule has 2 rings (SSSR count). The highest BCUT2D eigenvalue weighted by atomic mass is 16.5. The number of ketones is 1. The summed E-state index contributed by atoms with van der Waals surface area (Å²) in [6, 6.07) is 13.9. The summed E-state index contributed by atoms with van der Waals surface area (Å²) in [6.07, 6.45) is 0. The van der Waals surface area contributed by atoms with Gasteiger partial charge >= 0.3 is 0 Å². The van der Waals surface area contributed by atoms with Crippen molar-refractivity contribution >= 4 is 29.0 Å². The first kappa shape index (κ1) is 21.1. The Morgan fingerprint density at radius 2 is 1.50 bits per heavy atom. The summed E-state index contributed by atoms with van der Waals surface area (Å²) in [4.78, 5) is 36.9. The molecule has 3 N–H and O–H groups in total. The van der Waals surface area contributed by atoms with E-state index >= 15 is 0 Å². The minimum absolute atomic E-state index is 0.0638. The lowest BCUT2D eigenvalue weighted by atomic mass is 10.1. The maximum atomic E-state index is 12.3. The number of ether oxygens (including phenoxy) is 1. The molecule has 1 unspecified atom stereocenters. The summed E-state index contributed by atoms with van der Waals surface area (Å²) in [6.45, 7) is 4.32. The van der Waals surface area contributed by atoms with E-state index in [1.54, 1.807) is 55.6 Å². The van der Waals surface area contributed by atoms with Crippen molar-refractivity contribution in [2.75, 3.05) is 37.4 Å². The normalized spacial score (nSPS) is 11.4. The van der Waals surface area contributed by atoms with E-state index in [1.807, 2.05) is 6.92 Å². The SMILES string of the molecule is CC[NH+](CC(=O)Nc1cccc(OC)c1)CC(=O)Nc1cccc(C(C)=O)c1. The van der Waals surface area contributed by atoms with Crippen molar-refractivity contribution < 1.29 is 24.0 Å². The van der Waals surface area contributed by atoms with Crippen molar-refractivity contribution in [1.82, 2.24) is 0 Å². The summed E-state index contributed by atoms with van der Waals surface area (Å²) in [5.74, 6) is 0.194. The first-order valence-electron chi connectivity index (χ1n) is 9.09. The fraction of sp³-hybridized carbons (Fsp3) is 0.286. The smallest absolute Gasteiger partial charge is 0.279 e. The summed E-state index contributed by atoms with van der Waals surface area (Å²) in [7, 11) is 1.56. The van der Waals surface area contributed by atoms with Crippen LogP contribution in [0.2, 0.25) is 0 Å². The van der Waals surface area contributed by atoms with E-state index in [9.17, 15) is 14.4 Å². The van der Waals surface area contributed by atoms with Crippen molar-refractivity contribution in [2.24, 2.45) is 0 Å². The van der Waals surface area contributed by atoms with Gasteiger partial charge in [-0.3, -0.25) is 14.4 Å². The molecule has 1 atom stereocenters. The van der Waals surface area contributed by atoms with E-state index < -0.39 is 0 Å². The van der Waals surface area contributed by atoms with Gasteiger partial charge in [-0.25, -0.2) is 0 Å². The van der Waals surface area contributed by atoms with E-state index in [1.165, 1.54) is 6.92 Å². The Morgan fingerprint density at radius 3 is 2.04 bits per heavy atom. The van der Waals surface area contributed by atoms with E-state index in [-0.39, 0.29) is 30.7 Å². The molecule has 0 bridgehead atoms. The Bertz CT molecular complexity index is 851. The van der Waals surface area contributed by atoms with Gasteiger partial charge in [0, 0.05) is 23.0 Å². The van der Waals surface area contributed by atoms with Crippen LogP contribution in [-0.4, -0.2) is 44.3 Å². The molecule has 2 amide bonds. The number of quaternary nitrogens is 1. The molecule has 0 aliphatic rings. The molecule has 0 fully saturated rings. The lowest BCUT2D eigenvalue weighted by Crippen LogP contribution is -3.13. The Labute approximate surface area is 164 Å². The van der Waals surface area contributed by atoms with Gasteiger partial charge in [-0.15, -0.1) is 0 Å². The third kappa shape index (κ3) is 6.51. The van der Waals surface area contributed by atoms with Gasteiger partial charge in [0.15, 0.2) is 18.9 Å². The molecule has 0 saturated heterocycles. The first-order valence-corrected chi connectivity index (χ1v) is 9.09. The van der Waals surface area contributed by atoms with Crippen LogP contribution in [0.15, 0.2) is 48.5 Å². The molecule has 0 radical (unpaired) electrons. The van der Waals surface area contributed by atoms with Crippen LogP contribution < -0.4 is 20.3 Å². The molecular formula is C21H26N3O4+. The number of likely N-dealkylation sites (N-methyl/N-ethyl adjacent to an activating group) is 1. The van der Waals surface area contributed by atoms with E-state index in [0.29, 0.717) is 29.2 Å². The summed E-state index contributed by atoms with van der Waals surface area (Å²) in [5, 5.41) is 5.60. The number of anilines is 2. The van der Waals surface area contributed by atoms with E-state index in [4.69, 9.17) is 4.74 Å². The van der Waals surface area contributed by atoms with Crippen LogP contribution in [0.1, 0.15) is 24.2 Å². The van der Waals surface area contributed by atoms with Crippen molar-refractivity contribution in [3.63, 3.8) is 0 Å². The molecule has 0 heterocycles. The Balaban J connectivity index is 1.90. The summed E-state index contributed by atoms with van der Waals surface area (Å²) >= 11 is 0. The molecule has 2 aromatic rings. The number of amides is 2. The number of hydrogen-bond donors (Lipinski definition) is 3. The van der Waals surface area contributed by atoms with E-state index in [2.05, 4.69) is 10.6 Å². The predicted molar refractivity (Wildman–Crippen MR) is 108 cm³/mol. The first-order chi connectivity index (χ1) is 13.4. The zero-order chi connectivity index (χ0) is 20.5. The molecule has 28 heavy (non-hydrogen) atoms. The van der Waals surface area contributed by atoms with Crippen LogP contribution in [0.5, 0.6) is 5.75 Å². The summed E-state index contributed by atoms with van der Waals surface area (Å²) < 4.78 is 5.14. The molecule has 0 aromatic heterocycles. The van der Waals surface area contributed by atoms with E-state index in [0.717, 1.165) is 4.90 Å². The van der Waals surface area contributed by atoms with Crippen LogP contribution >= 0.6 is 0 Å². The second-order valence-corrected chi connectivity index (χ2v) is 6.42. The zero-order valence-electron chi connectivity index (χ0n) is 16.4. The highest BCUT2D eigenvalue weighted by Crippen LogP contribution is 2.16. The zero-order valence-corrected chi connectivity index (χ0v) is 16.4. The maximum Gasteiger partial charge on any atom is 0.279 e. The van der Waals surface area contributed by atoms with Gasteiger partial charge in [-0.05, 0) is 38.1 Å². The number of Topliss-reactive ketones (excluding diaryl/α,β-unsaturated/α-hetero) is 1. The second-order valence-electron chi connectivity index (χ2n) is 6.42. The molecule has 2 aromatic carbocycles. The Morgan fingerprint density at radius 1 is 0.929 bits per heavy atom. The van der Waals surface area contributed by atoms with Crippen LogP contribution in [0.25, 0.3) is 0 Å². The lowest BCUT2D eigenvalue weighted by molar-refractivity contribution is -0.881. The van der Waals surface area contributed by atoms with Crippen molar-refractivity contribution in [2.45, 2.75) is 13.8 Å². The standard InChI is InChI=1S/C21H25N3O4/c1-4-24(14-21(27)23-18-9-6-10-19(12-18)28-3)13-20(26)22-17-8-5-7-16(11-17)15(2)25/h5-12H,4,13-14H2,1-3H3,(H,22,26)(H,23,27)/p+1. The third-order valence-electron chi connectivity index (χ3n) is 4.23. The minimum Gasteiger partial charge on any atom is -0.497 e. The van der Waals surface area contributed by atoms with Gasteiger partial charge in [0.05, 0.1) is 13.7 Å². The molecule has 0 spiro atoms. The average molecular weight is 384 g/mol. The van der Waals surface area contributed by atoms with Crippen molar-refractivity contribution in [1.29, 1.82) is 0 Å². The highest BCUT2D eigenvalue weighted by molar-refractivity contribution is 5.97. The number of nitrogens with one attached hydrogen (secondary N) is 3. The largest absolute Gasteiger partial charge is 0.497 e. The number of rotatable bonds is 9. The quantitative estimate of drug-likeness (QED) is 0.570. The maximum absolute atomic E-state index is 12.3. The van der Waals surface area contributed by atoms with Gasteiger partial charge in [0.25, 0.3) is 11.8 Å². The molecule has 0 aliphatic heterocycles. The minimum atomic E-state index is -0.216.